The minimum atomic E-state index is -3.98. The molecule has 1 aliphatic rings. The number of benzene rings is 3. The lowest BCUT2D eigenvalue weighted by Crippen LogP contribution is -2.41. The second-order valence-electron chi connectivity index (χ2n) is 8.09. The Morgan fingerprint density at radius 3 is 2.38 bits per heavy atom. The maximum atomic E-state index is 13.5. The van der Waals surface area contributed by atoms with Crippen LogP contribution in [-0.2, 0) is 21.2 Å². The van der Waals surface area contributed by atoms with E-state index in [9.17, 15) is 13.2 Å². The summed E-state index contributed by atoms with van der Waals surface area (Å²) in [6.07, 6.45) is 1.58. The molecule has 8 heteroatoms. The van der Waals surface area contributed by atoms with E-state index in [-0.39, 0.29) is 17.3 Å². The first-order valence-corrected chi connectivity index (χ1v) is 12.7. The summed E-state index contributed by atoms with van der Waals surface area (Å²) in [6.45, 7) is 2.96. The number of ether oxygens (including phenoxy) is 2. The van der Waals surface area contributed by atoms with Crippen molar-refractivity contribution >= 4 is 21.6 Å². The number of amides is 1. The Balaban J connectivity index is 1.48. The van der Waals surface area contributed by atoms with Crippen LogP contribution in [0.3, 0.4) is 0 Å². The molecule has 0 atom stereocenters. The second-order valence-corrected chi connectivity index (χ2v) is 9.95. The maximum Gasteiger partial charge on any atom is 0.264 e. The van der Waals surface area contributed by atoms with Crippen LogP contribution in [0.15, 0.2) is 77.7 Å². The van der Waals surface area contributed by atoms with Gasteiger partial charge in [-0.25, -0.2) is 8.42 Å². The van der Waals surface area contributed by atoms with Crippen LogP contribution < -0.4 is 19.1 Å². The normalized spacial score (nSPS) is 12.7. The van der Waals surface area contributed by atoms with Gasteiger partial charge in [0, 0.05) is 12.6 Å². The molecule has 34 heavy (non-hydrogen) atoms. The summed E-state index contributed by atoms with van der Waals surface area (Å²) in [4.78, 5) is 12.9. The summed E-state index contributed by atoms with van der Waals surface area (Å²) in [5.41, 5.74) is 2.74. The Labute approximate surface area is 200 Å². The van der Waals surface area contributed by atoms with E-state index in [2.05, 4.69) is 29.6 Å². The minimum Gasteiger partial charge on any atom is -0.486 e. The molecule has 0 saturated heterocycles. The fraction of sp³-hybridized carbons (Fsp3) is 0.269. The number of sulfonamides is 1. The number of aryl methyl sites for hydroxylation is 2. The van der Waals surface area contributed by atoms with Gasteiger partial charge in [0.25, 0.3) is 10.0 Å². The molecule has 0 aromatic heterocycles. The molecule has 4 rings (SSSR count). The first kappa shape index (κ1) is 23.6. The van der Waals surface area contributed by atoms with Crippen molar-refractivity contribution < 1.29 is 22.7 Å². The highest BCUT2D eigenvalue weighted by atomic mass is 32.2. The predicted molar refractivity (Wildman–Crippen MR) is 131 cm³/mol. The molecule has 0 aliphatic carbocycles. The maximum absolute atomic E-state index is 13.5. The van der Waals surface area contributed by atoms with Gasteiger partial charge >= 0.3 is 0 Å². The quantitative estimate of drug-likeness (QED) is 0.472. The lowest BCUT2D eigenvalue weighted by atomic mass is 10.1. The van der Waals surface area contributed by atoms with Gasteiger partial charge in [-0.05, 0) is 49.6 Å². The molecule has 1 heterocycles. The zero-order chi connectivity index (χ0) is 24.0. The number of hydrogen-bond acceptors (Lipinski definition) is 5. The van der Waals surface area contributed by atoms with Gasteiger partial charge in [0.05, 0.1) is 10.6 Å². The van der Waals surface area contributed by atoms with E-state index in [1.807, 2.05) is 6.92 Å². The van der Waals surface area contributed by atoms with Crippen molar-refractivity contribution in [2.45, 2.75) is 24.7 Å². The number of nitrogens with one attached hydrogen (secondary N) is 1. The highest BCUT2D eigenvalue weighted by molar-refractivity contribution is 7.92. The van der Waals surface area contributed by atoms with Crippen LogP contribution in [0.2, 0.25) is 0 Å². The molecule has 7 nitrogen and oxygen atoms in total. The van der Waals surface area contributed by atoms with Gasteiger partial charge in [-0.2, -0.15) is 0 Å². The molecule has 0 saturated carbocycles. The standard InChI is InChI=1S/C26H28N2O5S/c1-20-9-11-21(12-10-20)6-5-15-27-26(29)19-28(34(30,31)23-7-3-2-4-8-23)22-13-14-24-25(18-22)33-17-16-32-24/h2-4,7-14,18H,5-6,15-17,19H2,1H3,(H,27,29). The van der Waals surface area contributed by atoms with Crippen LogP contribution >= 0.6 is 0 Å². The van der Waals surface area contributed by atoms with Crippen molar-refractivity contribution in [3.05, 3.63) is 83.9 Å². The van der Waals surface area contributed by atoms with Crippen molar-refractivity contribution in [1.29, 1.82) is 0 Å². The number of hydrogen-bond donors (Lipinski definition) is 1. The Morgan fingerprint density at radius 2 is 1.65 bits per heavy atom. The zero-order valence-electron chi connectivity index (χ0n) is 19.1. The van der Waals surface area contributed by atoms with Crippen LogP contribution in [0.4, 0.5) is 5.69 Å². The van der Waals surface area contributed by atoms with E-state index in [0.29, 0.717) is 36.9 Å². The largest absolute Gasteiger partial charge is 0.486 e. The topological polar surface area (TPSA) is 84.9 Å². The van der Waals surface area contributed by atoms with E-state index in [0.717, 1.165) is 17.1 Å². The van der Waals surface area contributed by atoms with Gasteiger partial charge in [-0.15, -0.1) is 0 Å². The van der Waals surface area contributed by atoms with Gasteiger partial charge < -0.3 is 14.8 Å². The van der Waals surface area contributed by atoms with E-state index >= 15 is 0 Å². The lowest BCUT2D eigenvalue weighted by molar-refractivity contribution is -0.119. The first-order valence-electron chi connectivity index (χ1n) is 11.2. The fourth-order valence-corrected chi connectivity index (χ4v) is 5.12. The third-order valence-electron chi connectivity index (χ3n) is 5.52. The summed E-state index contributed by atoms with van der Waals surface area (Å²) in [6, 6.07) is 21.2. The average molecular weight is 481 g/mol. The summed E-state index contributed by atoms with van der Waals surface area (Å²) in [7, 11) is -3.98. The highest BCUT2D eigenvalue weighted by Gasteiger charge is 2.28. The van der Waals surface area contributed by atoms with Crippen molar-refractivity contribution in [2.75, 3.05) is 30.6 Å². The number of anilines is 1. The van der Waals surface area contributed by atoms with Gasteiger partial charge in [0.2, 0.25) is 5.91 Å². The van der Waals surface area contributed by atoms with Gasteiger partial charge in [-0.1, -0.05) is 48.0 Å². The number of carbonyl (C=O) groups is 1. The smallest absolute Gasteiger partial charge is 0.264 e. The molecular weight excluding hydrogens is 452 g/mol. The molecule has 0 fully saturated rings. The average Bonchev–Trinajstić information content (AvgIpc) is 2.86. The van der Waals surface area contributed by atoms with Crippen LogP contribution in [0.5, 0.6) is 11.5 Å². The molecule has 0 radical (unpaired) electrons. The number of rotatable bonds is 9. The van der Waals surface area contributed by atoms with Crippen LogP contribution in [0.1, 0.15) is 17.5 Å². The predicted octanol–water partition coefficient (Wildman–Crippen LogP) is 3.71. The first-order chi connectivity index (χ1) is 16.4. The van der Waals surface area contributed by atoms with Crippen molar-refractivity contribution in [3.8, 4) is 11.5 Å². The number of fused-ring (bicyclic) bond motifs is 1. The molecule has 0 spiro atoms. The van der Waals surface area contributed by atoms with Crippen LogP contribution in [0.25, 0.3) is 0 Å². The van der Waals surface area contributed by atoms with Gasteiger partial charge in [-0.3, -0.25) is 9.10 Å². The van der Waals surface area contributed by atoms with Gasteiger partial charge in [0.1, 0.15) is 19.8 Å². The third-order valence-corrected chi connectivity index (χ3v) is 7.31. The Bertz CT molecular complexity index is 1230. The lowest BCUT2D eigenvalue weighted by Gasteiger charge is -2.26. The van der Waals surface area contributed by atoms with Crippen molar-refractivity contribution in [3.63, 3.8) is 0 Å². The monoisotopic (exact) mass is 480 g/mol. The van der Waals surface area contributed by atoms with Gasteiger partial charge in [0.15, 0.2) is 11.5 Å². The minimum absolute atomic E-state index is 0.108. The summed E-state index contributed by atoms with van der Waals surface area (Å²) in [5, 5.41) is 2.85. The van der Waals surface area contributed by atoms with E-state index in [4.69, 9.17) is 9.47 Å². The Hall–Kier alpha value is -3.52. The molecule has 1 amide bonds. The second kappa shape index (κ2) is 10.6. The molecule has 0 bridgehead atoms. The molecule has 3 aromatic rings. The van der Waals surface area contributed by atoms with Crippen molar-refractivity contribution in [2.24, 2.45) is 0 Å². The van der Waals surface area contributed by atoms with E-state index in [1.165, 1.54) is 23.3 Å². The highest BCUT2D eigenvalue weighted by Crippen LogP contribution is 2.35. The molecule has 178 valence electrons. The summed E-state index contributed by atoms with van der Waals surface area (Å²) >= 11 is 0. The molecule has 1 N–H and O–H groups in total. The van der Waals surface area contributed by atoms with Crippen molar-refractivity contribution in [1.82, 2.24) is 5.32 Å². The SMILES string of the molecule is Cc1ccc(CCCNC(=O)CN(c2ccc3c(c2)OCCO3)S(=O)(=O)c2ccccc2)cc1. The van der Waals surface area contributed by atoms with E-state index in [1.54, 1.807) is 36.4 Å². The summed E-state index contributed by atoms with van der Waals surface area (Å²) in [5.74, 6) is 0.626. The summed E-state index contributed by atoms with van der Waals surface area (Å²) < 4.78 is 39.2. The molecular formula is C26H28N2O5S. The third kappa shape index (κ3) is 5.69. The Kier molecular flexibility index (Phi) is 7.37. The Morgan fingerprint density at radius 1 is 0.941 bits per heavy atom. The van der Waals surface area contributed by atoms with Crippen LogP contribution in [0, 0.1) is 6.92 Å². The fourth-order valence-electron chi connectivity index (χ4n) is 3.68. The number of nitrogens with zero attached hydrogens (tertiary/aromatic N) is 1. The zero-order valence-corrected chi connectivity index (χ0v) is 19.9. The van der Waals surface area contributed by atoms with E-state index < -0.39 is 10.0 Å². The molecule has 1 aliphatic heterocycles. The number of carbonyl (C=O) groups excluding carboxylic acids is 1. The van der Waals surface area contributed by atoms with Crippen LogP contribution in [-0.4, -0.2) is 40.6 Å². The molecule has 3 aromatic carbocycles. The molecule has 0 unspecified atom stereocenters.